The molecule has 0 amide bonds. The summed E-state index contributed by atoms with van der Waals surface area (Å²) >= 11 is 0. The van der Waals surface area contributed by atoms with Crippen molar-refractivity contribution in [2.24, 2.45) is 11.3 Å². The van der Waals surface area contributed by atoms with Gasteiger partial charge in [0.15, 0.2) is 0 Å². The Bertz CT molecular complexity index is 206. The molecule has 0 bridgehead atoms. The van der Waals surface area contributed by atoms with Crippen LogP contribution in [0.2, 0.25) is 0 Å². The van der Waals surface area contributed by atoms with Crippen LogP contribution in [0.15, 0.2) is 0 Å². The minimum Gasteiger partial charge on any atom is -0.481 e. The van der Waals surface area contributed by atoms with Gasteiger partial charge >= 0.3 is 5.97 Å². The molecule has 1 unspecified atom stereocenters. The van der Waals surface area contributed by atoms with Crippen LogP contribution >= 0.6 is 0 Å². The first-order chi connectivity index (χ1) is 6.23. The normalized spacial score (nSPS) is 30.3. The molecule has 13 heavy (non-hydrogen) atoms. The van der Waals surface area contributed by atoms with E-state index >= 15 is 0 Å². The second-order valence-corrected chi connectivity index (χ2v) is 4.31. The number of hydrogen-bond donors (Lipinski definition) is 1. The molecule has 3 nitrogen and oxygen atoms in total. The Hall–Kier alpha value is -0.570. The van der Waals surface area contributed by atoms with Gasteiger partial charge in [0.1, 0.15) is 0 Å². The van der Waals surface area contributed by atoms with Gasteiger partial charge in [0.2, 0.25) is 0 Å². The fourth-order valence-electron chi connectivity index (χ4n) is 2.53. The lowest BCUT2D eigenvalue weighted by Crippen LogP contribution is -2.18. The van der Waals surface area contributed by atoms with E-state index in [0.29, 0.717) is 17.8 Å². The minimum atomic E-state index is -0.658. The van der Waals surface area contributed by atoms with Gasteiger partial charge in [0.05, 0.1) is 0 Å². The van der Waals surface area contributed by atoms with E-state index in [-0.39, 0.29) is 0 Å². The highest BCUT2D eigenvalue weighted by molar-refractivity contribution is 5.66. The Balaban J connectivity index is 1.76. The van der Waals surface area contributed by atoms with Crippen molar-refractivity contribution in [3.8, 4) is 0 Å². The van der Waals surface area contributed by atoms with E-state index in [1.165, 1.54) is 6.42 Å². The quantitative estimate of drug-likeness (QED) is 0.725. The van der Waals surface area contributed by atoms with E-state index in [1.54, 1.807) is 0 Å². The molecule has 2 rings (SSSR count). The highest BCUT2D eigenvalue weighted by atomic mass is 16.5. The number of carboxylic acids is 1. The molecule has 1 saturated carbocycles. The predicted octanol–water partition coefficient (Wildman–Crippen LogP) is 1.67. The third-order valence-corrected chi connectivity index (χ3v) is 3.55. The van der Waals surface area contributed by atoms with Crippen molar-refractivity contribution in [2.45, 2.75) is 32.1 Å². The van der Waals surface area contributed by atoms with E-state index in [0.717, 1.165) is 32.5 Å². The van der Waals surface area contributed by atoms with E-state index in [1.807, 2.05) is 0 Å². The van der Waals surface area contributed by atoms with Gasteiger partial charge in [-0.15, -0.1) is 0 Å². The number of carbonyl (C=O) groups is 1. The van der Waals surface area contributed by atoms with Gasteiger partial charge in [-0.2, -0.15) is 0 Å². The minimum absolute atomic E-state index is 0.341. The molecule has 0 aromatic heterocycles. The van der Waals surface area contributed by atoms with Crippen LogP contribution in [-0.2, 0) is 9.53 Å². The first-order valence-electron chi connectivity index (χ1n) is 5.02. The van der Waals surface area contributed by atoms with Gasteiger partial charge in [-0.3, -0.25) is 4.79 Å². The average molecular weight is 184 g/mol. The summed E-state index contributed by atoms with van der Waals surface area (Å²) in [7, 11) is 0. The number of ether oxygens (including phenoxy) is 1. The Kier molecular flexibility index (Phi) is 2.28. The molecule has 1 aliphatic carbocycles. The standard InChI is InChI=1S/C10H16O3/c11-9(12)2-1-8-7-10(8)3-5-13-6-4-10/h8H,1-7H2,(H,11,12). The summed E-state index contributed by atoms with van der Waals surface area (Å²) in [6.07, 6.45) is 4.75. The summed E-state index contributed by atoms with van der Waals surface area (Å²) in [4.78, 5) is 10.4. The monoisotopic (exact) mass is 184 g/mol. The summed E-state index contributed by atoms with van der Waals surface area (Å²) in [5.41, 5.74) is 0.494. The fraction of sp³-hybridized carbons (Fsp3) is 0.900. The Morgan fingerprint density at radius 3 is 2.77 bits per heavy atom. The van der Waals surface area contributed by atoms with Crippen LogP contribution < -0.4 is 0 Å². The fourth-order valence-corrected chi connectivity index (χ4v) is 2.53. The van der Waals surface area contributed by atoms with Crippen molar-refractivity contribution in [1.82, 2.24) is 0 Å². The second kappa shape index (κ2) is 3.29. The van der Waals surface area contributed by atoms with Gasteiger partial charge in [-0.05, 0) is 37.0 Å². The summed E-state index contributed by atoms with van der Waals surface area (Å²) in [6, 6.07) is 0. The van der Waals surface area contributed by atoms with Crippen LogP contribution in [0.5, 0.6) is 0 Å². The maximum absolute atomic E-state index is 10.4. The van der Waals surface area contributed by atoms with Crippen LogP contribution in [0.4, 0.5) is 0 Å². The lowest BCUT2D eigenvalue weighted by Gasteiger charge is -2.22. The van der Waals surface area contributed by atoms with Crippen molar-refractivity contribution < 1.29 is 14.6 Å². The molecule has 2 fully saturated rings. The first kappa shape index (κ1) is 9.00. The number of aliphatic carboxylic acids is 1. The van der Waals surface area contributed by atoms with Crippen LogP contribution in [-0.4, -0.2) is 24.3 Å². The first-order valence-corrected chi connectivity index (χ1v) is 5.02. The molecule has 1 heterocycles. The van der Waals surface area contributed by atoms with Crippen LogP contribution in [0, 0.1) is 11.3 Å². The van der Waals surface area contributed by atoms with Gasteiger partial charge in [-0.1, -0.05) is 0 Å². The summed E-state index contributed by atoms with van der Waals surface area (Å²) < 4.78 is 5.30. The molecule has 0 aromatic carbocycles. The zero-order chi connectivity index (χ0) is 9.31. The molecule has 2 aliphatic rings. The molecule has 0 aromatic rings. The molecule has 3 heteroatoms. The molecule has 1 saturated heterocycles. The van der Waals surface area contributed by atoms with E-state index in [2.05, 4.69) is 0 Å². The van der Waals surface area contributed by atoms with Crippen molar-refractivity contribution in [2.75, 3.05) is 13.2 Å². The zero-order valence-corrected chi connectivity index (χ0v) is 7.79. The lowest BCUT2D eigenvalue weighted by molar-refractivity contribution is -0.137. The highest BCUT2D eigenvalue weighted by Gasteiger charge is 2.53. The van der Waals surface area contributed by atoms with Gasteiger partial charge in [0, 0.05) is 19.6 Å². The summed E-state index contributed by atoms with van der Waals surface area (Å²) in [5, 5.41) is 8.55. The molecular weight excluding hydrogens is 168 g/mol. The smallest absolute Gasteiger partial charge is 0.303 e. The maximum Gasteiger partial charge on any atom is 0.303 e. The van der Waals surface area contributed by atoms with E-state index in [9.17, 15) is 4.79 Å². The molecule has 0 radical (unpaired) electrons. The zero-order valence-electron chi connectivity index (χ0n) is 7.79. The highest BCUT2D eigenvalue weighted by Crippen LogP contribution is 2.60. The number of hydrogen-bond acceptors (Lipinski definition) is 2. The molecular formula is C10H16O3. The Morgan fingerprint density at radius 1 is 1.46 bits per heavy atom. The van der Waals surface area contributed by atoms with Crippen LogP contribution in [0.25, 0.3) is 0 Å². The molecule has 1 spiro atoms. The lowest BCUT2D eigenvalue weighted by atomic mass is 9.92. The second-order valence-electron chi connectivity index (χ2n) is 4.31. The Morgan fingerprint density at radius 2 is 2.15 bits per heavy atom. The molecule has 1 aliphatic heterocycles. The topological polar surface area (TPSA) is 46.5 Å². The van der Waals surface area contributed by atoms with E-state index in [4.69, 9.17) is 9.84 Å². The summed E-state index contributed by atoms with van der Waals surface area (Å²) in [6.45, 7) is 1.76. The Labute approximate surface area is 78.1 Å². The van der Waals surface area contributed by atoms with Crippen molar-refractivity contribution >= 4 is 5.97 Å². The largest absolute Gasteiger partial charge is 0.481 e. The molecule has 74 valence electrons. The van der Waals surface area contributed by atoms with Crippen molar-refractivity contribution in [3.63, 3.8) is 0 Å². The van der Waals surface area contributed by atoms with Crippen LogP contribution in [0.3, 0.4) is 0 Å². The number of carboxylic acid groups (broad SMARTS) is 1. The third kappa shape index (κ3) is 1.85. The van der Waals surface area contributed by atoms with Gasteiger partial charge in [-0.25, -0.2) is 0 Å². The SMILES string of the molecule is O=C(O)CCC1CC12CCOCC2. The summed E-state index contributed by atoms with van der Waals surface area (Å²) in [5.74, 6) is 0.0154. The van der Waals surface area contributed by atoms with Crippen molar-refractivity contribution in [3.05, 3.63) is 0 Å². The third-order valence-electron chi connectivity index (χ3n) is 3.55. The van der Waals surface area contributed by atoms with E-state index < -0.39 is 5.97 Å². The predicted molar refractivity (Wildman–Crippen MR) is 47.5 cm³/mol. The van der Waals surface area contributed by atoms with Gasteiger partial charge in [0.25, 0.3) is 0 Å². The van der Waals surface area contributed by atoms with Crippen molar-refractivity contribution in [1.29, 1.82) is 0 Å². The number of rotatable bonds is 3. The molecule has 1 N–H and O–H groups in total. The maximum atomic E-state index is 10.4. The van der Waals surface area contributed by atoms with Gasteiger partial charge < -0.3 is 9.84 Å². The molecule has 1 atom stereocenters. The average Bonchev–Trinajstić information content (AvgIpc) is 2.77. The van der Waals surface area contributed by atoms with Crippen LogP contribution in [0.1, 0.15) is 32.1 Å².